The number of sulfonamides is 1. The van der Waals surface area contributed by atoms with Gasteiger partial charge in [0, 0.05) is 31.5 Å². The molecule has 0 radical (unpaired) electrons. The number of nitrogens with zero attached hydrogens (tertiary/aromatic N) is 4. The van der Waals surface area contributed by atoms with Gasteiger partial charge in [0.05, 0.1) is 10.5 Å². The lowest BCUT2D eigenvalue weighted by Crippen LogP contribution is -2.29. The van der Waals surface area contributed by atoms with Gasteiger partial charge in [-0.1, -0.05) is 12.1 Å². The molecule has 0 saturated carbocycles. The summed E-state index contributed by atoms with van der Waals surface area (Å²) in [7, 11) is -3.75. The van der Waals surface area contributed by atoms with E-state index in [0.29, 0.717) is 18.2 Å². The summed E-state index contributed by atoms with van der Waals surface area (Å²) in [6, 6.07) is 13.5. The van der Waals surface area contributed by atoms with Gasteiger partial charge in [-0.05, 0) is 24.3 Å². The third-order valence-electron chi connectivity index (χ3n) is 3.54. The van der Waals surface area contributed by atoms with E-state index in [2.05, 4.69) is 20.0 Å². The fourth-order valence-electron chi connectivity index (χ4n) is 2.32. The van der Waals surface area contributed by atoms with Crippen molar-refractivity contribution >= 4 is 15.8 Å². The maximum atomic E-state index is 12.3. The van der Waals surface area contributed by atoms with Crippen molar-refractivity contribution in [3.63, 3.8) is 0 Å². The highest BCUT2D eigenvalue weighted by Gasteiger charge is 2.17. The molecule has 0 saturated heterocycles. The number of hydrogen-bond donors (Lipinski definition) is 2. The second-order valence-electron chi connectivity index (χ2n) is 5.28. The molecule has 2 heterocycles. The lowest BCUT2D eigenvalue weighted by atomic mass is 10.2. The van der Waals surface area contributed by atoms with Gasteiger partial charge in [0.15, 0.2) is 0 Å². The largest absolute Gasteiger partial charge is 0.369 e. The monoisotopic (exact) mass is 368 g/mol. The summed E-state index contributed by atoms with van der Waals surface area (Å²) in [5.74, 6) is 1.29. The van der Waals surface area contributed by atoms with Crippen LogP contribution in [0.5, 0.6) is 0 Å². The number of anilines is 1. The van der Waals surface area contributed by atoms with Crippen LogP contribution in [-0.4, -0.2) is 36.0 Å². The Balaban J connectivity index is 1.59. The lowest BCUT2D eigenvalue weighted by molar-refractivity contribution is 0.582. The maximum Gasteiger partial charge on any atom is 0.241 e. The smallest absolute Gasteiger partial charge is 0.241 e. The van der Waals surface area contributed by atoms with Crippen LogP contribution in [0.3, 0.4) is 0 Å². The van der Waals surface area contributed by atoms with Crippen molar-refractivity contribution < 1.29 is 8.42 Å². The molecule has 8 nitrogen and oxygen atoms in total. The average Bonchev–Trinajstić information content (AvgIpc) is 3.20. The van der Waals surface area contributed by atoms with E-state index in [0.717, 1.165) is 0 Å². The molecule has 0 spiro atoms. The van der Waals surface area contributed by atoms with E-state index in [1.165, 1.54) is 18.5 Å². The number of nitrogens with one attached hydrogen (secondary N) is 2. The first kappa shape index (κ1) is 17.6. The van der Waals surface area contributed by atoms with Crippen LogP contribution < -0.4 is 10.0 Å². The highest BCUT2D eigenvalue weighted by Crippen LogP contribution is 2.14. The van der Waals surface area contributed by atoms with Crippen LogP contribution in [0, 0.1) is 11.3 Å². The van der Waals surface area contributed by atoms with E-state index in [1.54, 1.807) is 18.2 Å². The van der Waals surface area contributed by atoms with Crippen LogP contribution in [0.15, 0.2) is 66.1 Å². The molecule has 9 heteroatoms. The molecule has 3 rings (SSSR count). The van der Waals surface area contributed by atoms with Crippen LogP contribution >= 0.6 is 0 Å². The Morgan fingerprint density at radius 3 is 2.62 bits per heavy atom. The normalized spacial score (nSPS) is 11.0. The van der Waals surface area contributed by atoms with Gasteiger partial charge in [-0.25, -0.2) is 23.1 Å². The molecule has 26 heavy (non-hydrogen) atoms. The highest BCUT2D eigenvalue weighted by atomic mass is 32.2. The second kappa shape index (κ2) is 7.77. The van der Waals surface area contributed by atoms with E-state index < -0.39 is 10.0 Å². The summed E-state index contributed by atoms with van der Waals surface area (Å²) in [5, 5.41) is 12.1. The maximum absolute atomic E-state index is 12.3. The molecule has 0 fully saturated rings. The molecule has 0 aliphatic heterocycles. The van der Waals surface area contributed by atoms with E-state index in [9.17, 15) is 8.42 Å². The molecular weight excluding hydrogens is 352 g/mol. The molecule has 2 aromatic heterocycles. The molecule has 0 unspecified atom stereocenters. The zero-order valence-electron chi connectivity index (χ0n) is 13.7. The van der Waals surface area contributed by atoms with Crippen molar-refractivity contribution in [3.05, 3.63) is 66.7 Å². The summed E-state index contributed by atoms with van der Waals surface area (Å²) in [6.45, 7) is 0.473. The van der Waals surface area contributed by atoms with Crippen molar-refractivity contribution in [1.29, 1.82) is 5.26 Å². The Labute approximate surface area is 151 Å². The van der Waals surface area contributed by atoms with E-state index in [1.807, 2.05) is 35.2 Å². The molecule has 2 N–H and O–H groups in total. The topological polar surface area (TPSA) is 113 Å². The first-order valence-corrected chi connectivity index (χ1v) is 9.26. The predicted molar refractivity (Wildman–Crippen MR) is 96.2 cm³/mol. The molecule has 0 bridgehead atoms. The molecule has 0 atom stereocenters. The number of rotatable bonds is 7. The van der Waals surface area contributed by atoms with Gasteiger partial charge in [0.1, 0.15) is 24.0 Å². The fraction of sp³-hybridized carbons (Fsp3) is 0.118. The molecule has 0 aliphatic rings. The molecule has 0 amide bonds. The zero-order chi connectivity index (χ0) is 18.4. The van der Waals surface area contributed by atoms with Gasteiger partial charge in [0.25, 0.3) is 0 Å². The summed E-state index contributed by atoms with van der Waals surface area (Å²) in [5.41, 5.74) is 0.111. The summed E-state index contributed by atoms with van der Waals surface area (Å²) < 4.78 is 28.9. The first-order chi connectivity index (χ1) is 12.6. The fourth-order valence-corrected chi connectivity index (χ4v) is 3.51. The van der Waals surface area contributed by atoms with Crippen LogP contribution in [0.2, 0.25) is 0 Å². The molecule has 1 aromatic carbocycles. The average molecular weight is 368 g/mol. The third-order valence-corrected chi connectivity index (χ3v) is 5.06. The van der Waals surface area contributed by atoms with Crippen molar-refractivity contribution in [1.82, 2.24) is 19.3 Å². The molecule has 3 aromatic rings. The SMILES string of the molecule is N#Cc1ccccc1S(=O)(=O)NCCNc1cc(-n2cccc2)ncn1. The van der Waals surface area contributed by atoms with Crippen LogP contribution in [-0.2, 0) is 10.0 Å². The van der Waals surface area contributed by atoms with Crippen molar-refractivity contribution in [3.8, 4) is 11.9 Å². The number of nitriles is 1. The van der Waals surface area contributed by atoms with E-state index >= 15 is 0 Å². The molecular formula is C17H16N6O2S. The quantitative estimate of drug-likeness (QED) is 0.612. The summed E-state index contributed by atoms with van der Waals surface area (Å²) >= 11 is 0. The van der Waals surface area contributed by atoms with Crippen molar-refractivity contribution in [2.24, 2.45) is 0 Å². The van der Waals surface area contributed by atoms with E-state index in [-0.39, 0.29) is 17.0 Å². The van der Waals surface area contributed by atoms with E-state index in [4.69, 9.17) is 5.26 Å². The van der Waals surface area contributed by atoms with Gasteiger partial charge in [-0.3, -0.25) is 0 Å². The second-order valence-corrected chi connectivity index (χ2v) is 7.02. The first-order valence-electron chi connectivity index (χ1n) is 7.78. The minimum absolute atomic E-state index is 0.0283. The van der Waals surface area contributed by atoms with Gasteiger partial charge >= 0.3 is 0 Å². The van der Waals surface area contributed by atoms with Gasteiger partial charge < -0.3 is 9.88 Å². The van der Waals surface area contributed by atoms with Gasteiger partial charge in [-0.2, -0.15) is 5.26 Å². The van der Waals surface area contributed by atoms with Crippen LogP contribution in [0.1, 0.15) is 5.56 Å². The zero-order valence-corrected chi connectivity index (χ0v) is 14.5. The van der Waals surface area contributed by atoms with Crippen molar-refractivity contribution in [2.45, 2.75) is 4.90 Å². The Bertz CT molecular complexity index is 1030. The molecule has 0 aliphatic carbocycles. The van der Waals surface area contributed by atoms with Crippen molar-refractivity contribution in [2.75, 3.05) is 18.4 Å². The summed E-state index contributed by atoms with van der Waals surface area (Å²) in [6.07, 6.45) is 5.17. The lowest BCUT2D eigenvalue weighted by Gasteiger charge is -2.10. The predicted octanol–water partition coefficient (Wildman–Crippen LogP) is 1.53. The Hall–Kier alpha value is -3.22. The minimum atomic E-state index is -3.75. The standard InChI is InChI=1S/C17H16N6O2S/c18-12-14-5-1-2-6-15(14)26(24,25)22-8-7-19-16-11-17(21-13-20-16)23-9-3-4-10-23/h1-6,9-11,13,22H,7-8H2,(H,19,20,21). The Kier molecular flexibility index (Phi) is 5.26. The van der Waals surface area contributed by atoms with Gasteiger partial charge in [0.2, 0.25) is 10.0 Å². The van der Waals surface area contributed by atoms with Crippen LogP contribution in [0.25, 0.3) is 5.82 Å². The number of hydrogen-bond acceptors (Lipinski definition) is 6. The Morgan fingerprint density at radius 1 is 1.08 bits per heavy atom. The molecule has 132 valence electrons. The summed E-state index contributed by atoms with van der Waals surface area (Å²) in [4.78, 5) is 8.26. The number of benzene rings is 1. The Morgan fingerprint density at radius 2 is 1.85 bits per heavy atom. The minimum Gasteiger partial charge on any atom is -0.369 e. The number of aromatic nitrogens is 3. The van der Waals surface area contributed by atoms with Crippen LogP contribution in [0.4, 0.5) is 5.82 Å². The highest BCUT2D eigenvalue weighted by molar-refractivity contribution is 7.89. The third kappa shape index (κ3) is 4.05. The van der Waals surface area contributed by atoms with Gasteiger partial charge in [-0.15, -0.1) is 0 Å².